The van der Waals surface area contributed by atoms with Gasteiger partial charge in [-0.2, -0.15) is 0 Å². The predicted molar refractivity (Wildman–Crippen MR) is 158 cm³/mol. The van der Waals surface area contributed by atoms with Gasteiger partial charge in [0.1, 0.15) is 18.0 Å². The third kappa shape index (κ3) is 5.83. The summed E-state index contributed by atoms with van der Waals surface area (Å²) >= 11 is 2.34. The Morgan fingerprint density at radius 2 is 1.65 bits per heavy atom. The van der Waals surface area contributed by atoms with Gasteiger partial charge < -0.3 is 15.1 Å². The summed E-state index contributed by atoms with van der Waals surface area (Å²) < 4.78 is 14.1. The number of urea groups is 1. The van der Waals surface area contributed by atoms with Crippen LogP contribution >= 0.6 is 22.6 Å². The van der Waals surface area contributed by atoms with Gasteiger partial charge >= 0.3 is 6.03 Å². The number of amides is 4. The van der Waals surface area contributed by atoms with Crippen LogP contribution in [0.5, 0.6) is 0 Å². The molecule has 40 heavy (non-hydrogen) atoms. The smallest absolute Gasteiger partial charge is 0.334 e. The zero-order valence-electron chi connectivity index (χ0n) is 22.1. The summed E-state index contributed by atoms with van der Waals surface area (Å²) in [5, 5.41) is 6.04. The van der Waals surface area contributed by atoms with Crippen LogP contribution < -0.4 is 5.32 Å². The van der Waals surface area contributed by atoms with Crippen LogP contribution in [0.3, 0.4) is 0 Å². The van der Waals surface area contributed by atoms with Crippen molar-refractivity contribution in [1.82, 2.24) is 25.1 Å². The van der Waals surface area contributed by atoms with E-state index >= 15 is 0 Å². The van der Waals surface area contributed by atoms with Crippen LogP contribution in [0.1, 0.15) is 28.7 Å². The Kier molecular flexibility index (Phi) is 8.65. The molecule has 2 saturated heterocycles. The fourth-order valence-corrected chi connectivity index (χ4v) is 6.20. The Balaban J connectivity index is 1.46. The Labute approximate surface area is 246 Å². The number of hydrogen-bond donors (Lipinski definition) is 1. The van der Waals surface area contributed by atoms with Crippen LogP contribution in [-0.2, 0) is 16.1 Å². The normalized spacial score (nSPS) is 20.3. The molecule has 5 rings (SSSR count). The zero-order chi connectivity index (χ0) is 28.2. The molecule has 10 heteroatoms. The lowest BCUT2D eigenvalue weighted by atomic mass is 9.96. The van der Waals surface area contributed by atoms with Crippen molar-refractivity contribution in [2.45, 2.75) is 24.7 Å². The number of likely N-dealkylation sites (N-methyl/N-ethyl adjacent to an activating group) is 1. The molecule has 2 heterocycles. The number of nitrogens with one attached hydrogen (secondary N) is 1. The van der Waals surface area contributed by atoms with E-state index in [1.165, 1.54) is 17.1 Å². The van der Waals surface area contributed by atoms with Crippen molar-refractivity contribution >= 4 is 40.4 Å². The Morgan fingerprint density at radius 3 is 2.30 bits per heavy atom. The molecular weight excluding hydrogens is 624 g/mol. The maximum absolute atomic E-state index is 14.1. The van der Waals surface area contributed by atoms with Gasteiger partial charge in [-0.05, 0) is 28.8 Å². The van der Waals surface area contributed by atoms with Crippen molar-refractivity contribution in [3.63, 3.8) is 0 Å². The standard InChI is InChI=1S/C30H31FIN5O3/c1-34-20-27(38)36-26(37(34)30(40)33-17-21-12-14-25(31)15-13-21)19-35(18-24(16-32)22-8-4-2-5-9-22)29(39)28(36)23-10-6-3-7-11-23/h2-15,24,26,28H,16-20H2,1H3,(H,33,40)/t24?,26-,28-/m0/s1. The first-order valence-electron chi connectivity index (χ1n) is 13.2. The van der Waals surface area contributed by atoms with E-state index in [0.717, 1.165) is 15.6 Å². The van der Waals surface area contributed by atoms with Crippen LogP contribution in [-0.4, -0.2) is 74.9 Å². The molecule has 0 aromatic heterocycles. The zero-order valence-corrected chi connectivity index (χ0v) is 24.3. The number of rotatable bonds is 7. The van der Waals surface area contributed by atoms with Gasteiger partial charge in [0.15, 0.2) is 0 Å². The van der Waals surface area contributed by atoms with Gasteiger partial charge in [-0.1, -0.05) is 95.4 Å². The predicted octanol–water partition coefficient (Wildman–Crippen LogP) is 4.15. The van der Waals surface area contributed by atoms with Gasteiger partial charge in [-0.25, -0.2) is 19.2 Å². The molecule has 0 spiro atoms. The number of benzene rings is 3. The first-order valence-corrected chi connectivity index (χ1v) is 14.7. The van der Waals surface area contributed by atoms with Crippen LogP contribution in [0.4, 0.5) is 9.18 Å². The molecule has 0 bridgehead atoms. The largest absolute Gasteiger partial charge is 0.336 e. The van der Waals surface area contributed by atoms with E-state index in [1.54, 1.807) is 34.0 Å². The Hall–Kier alpha value is -3.51. The quantitative estimate of drug-likeness (QED) is 0.307. The third-order valence-electron chi connectivity index (χ3n) is 7.41. The van der Waals surface area contributed by atoms with Crippen molar-refractivity contribution in [1.29, 1.82) is 0 Å². The van der Waals surface area contributed by atoms with E-state index in [1.807, 2.05) is 48.5 Å². The van der Waals surface area contributed by atoms with Crippen LogP contribution in [0.25, 0.3) is 0 Å². The maximum Gasteiger partial charge on any atom is 0.334 e. The molecule has 3 aromatic carbocycles. The monoisotopic (exact) mass is 655 g/mol. The van der Waals surface area contributed by atoms with E-state index in [2.05, 4.69) is 40.0 Å². The lowest BCUT2D eigenvalue weighted by molar-refractivity contribution is -0.187. The molecule has 1 unspecified atom stereocenters. The minimum atomic E-state index is -0.848. The molecule has 8 nitrogen and oxygen atoms in total. The highest BCUT2D eigenvalue weighted by atomic mass is 127. The van der Waals surface area contributed by atoms with Gasteiger partial charge in [-0.15, -0.1) is 0 Å². The van der Waals surface area contributed by atoms with E-state index in [-0.39, 0.29) is 43.2 Å². The molecule has 3 atom stereocenters. The summed E-state index contributed by atoms with van der Waals surface area (Å²) in [6, 6.07) is 24.0. The van der Waals surface area contributed by atoms with Gasteiger partial charge in [0.25, 0.3) is 0 Å². The second-order valence-corrected chi connectivity index (χ2v) is 10.9. The van der Waals surface area contributed by atoms with Crippen molar-refractivity contribution in [3.8, 4) is 0 Å². The Morgan fingerprint density at radius 1 is 1.00 bits per heavy atom. The number of piperazine rings is 1. The maximum atomic E-state index is 14.1. The summed E-state index contributed by atoms with van der Waals surface area (Å²) in [5.74, 6) is -0.631. The molecular formula is C30H31FIN5O3. The van der Waals surface area contributed by atoms with Crippen LogP contribution in [0, 0.1) is 5.82 Å². The van der Waals surface area contributed by atoms with Crippen molar-refractivity contribution in [2.24, 2.45) is 0 Å². The minimum Gasteiger partial charge on any atom is -0.336 e. The minimum absolute atomic E-state index is 0.0442. The molecule has 2 fully saturated rings. The first-order chi connectivity index (χ1) is 19.4. The summed E-state index contributed by atoms with van der Waals surface area (Å²) in [7, 11) is 1.70. The molecule has 0 aliphatic carbocycles. The fourth-order valence-electron chi connectivity index (χ4n) is 5.41. The summed E-state index contributed by atoms with van der Waals surface area (Å²) in [6.07, 6.45) is -0.701. The molecule has 2 aliphatic heterocycles. The second kappa shape index (κ2) is 12.3. The highest BCUT2D eigenvalue weighted by molar-refractivity contribution is 14.1. The molecule has 0 saturated carbocycles. The fraction of sp³-hybridized carbons (Fsp3) is 0.300. The highest BCUT2D eigenvalue weighted by Gasteiger charge is 2.51. The van der Waals surface area contributed by atoms with E-state index in [0.29, 0.717) is 12.1 Å². The Bertz CT molecular complexity index is 1340. The third-order valence-corrected chi connectivity index (χ3v) is 8.47. The van der Waals surface area contributed by atoms with E-state index < -0.39 is 18.2 Å². The number of carbonyl (C=O) groups is 3. The highest BCUT2D eigenvalue weighted by Crippen LogP contribution is 2.35. The van der Waals surface area contributed by atoms with Gasteiger partial charge in [0.2, 0.25) is 11.8 Å². The van der Waals surface area contributed by atoms with Crippen LogP contribution in [0.2, 0.25) is 0 Å². The number of nitrogens with zero attached hydrogens (tertiary/aromatic N) is 4. The van der Waals surface area contributed by atoms with Crippen molar-refractivity contribution < 1.29 is 18.8 Å². The summed E-state index contributed by atoms with van der Waals surface area (Å²) in [5.41, 5.74) is 2.59. The van der Waals surface area contributed by atoms with Gasteiger partial charge in [0.05, 0.1) is 13.1 Å². The molecule has 208 valence electrons. The molecule has 0 radical (unpaired) electrons. The molecule has 1 N–H and O–H groups in total. The number of hydrogen-bond acceptors (Lipinski definition) is 4. The second-order valence-electron chi connectivity index (χ2n) is 10.0. The van der Waals surface area contributed by atoms with Gasteiger partial charge in [-0.3, -0.25) is 9.59 Å². The summed E-state index contributed by atoms with van der Waals surface area (Å²) in [4.78, 5) is 44.5. The summed E-state index contributed by atoms with van der Waals surface area (Å²) in [6.45, 7) is 0.794. The van der Waals surface area contributed by atoms with Gasteiger partial charge in [0, 0.05) is 30.5 Å². The van der Waals surface area contributed by atoms with Crippen molar-refractivity contribution in [3.05, 3.63) is 107 Å². The SMILES string of the molecule is CN1CC(=O)N2[C@@H](c3ccccc3)C(=O)N(CC(CI)c3ccccc3)C[C@@H]2N1C(=O)NCc1ccc(F)cc1. The molecule has 2 aliphatic rings. The molecule has 3 aromatic rings. The number of fused-ring (bicyclic) bond motifs is 1. The number of alkyl halides is 1. The van der Waals surface area contributed by atoms with Crippen molar-refractivity contribution in [2.75, 3.05) is 31.1 Å². The van der Waals surface area contributed by atoms with E-state index in [9.17, 15) is 18.8 Å². The van der Waals surface area contributed by atoms with E-state index in [4.69, 9.17) is 0 Å². The topological polar surface area (TPSA) is 76.2 Å². The average molecular weight is 656 g/mol. The van der Waals surface area contributed by atoms with Crippen LogP contribution in [0.15, 0.2) is 84.9 Å². The lowest BCUT2D eigenvalue weighted by Crippen LogP contribution is -2.74. The first kappa shape index (κ1) is 28.0. The lowest BCUT2D eigenvalue weighted by Gasteiger charge is -2.54. The number of carbonyl (C=O) groups excluding carboxylic acids is 3. The molecule has 4 amide bonds. The number of hydrazine groups is 1. The average Bonchev–Trinajstić information content (AvgIpc) is 2.97. The number of halogens is 2.